The molecule has 3 nitrogen and oxygen atoms in total. The summed E-state index contributed by atoms with van der Waals surface area (Å²) >= 11 is 0. The summed E-state index contributed by atoms with van der Waals surface area (Å²) in [6.07, 6.45) is 6.73. The Hall–Kier alpha value is -0.570. The highest BCUT2D eigenvalue weighted by Gasteiger charge is 2.27. The van der Waals surface area contributed by atoms with E-state index in [2.05, 4.69) is 24.1 Å². The molecule has 3 unspecified atom stereocenters. The van der Waals surface area contributed by atoms with E-state index in [4.69, 9.17) is 0 Å². The van der Waals surface area contributed by atoms with Crippen molar-refractivity contribution in [3.05, 3.63) is 0 Å². The first-order chi connectivity index (χ1) is 8.16. The maximum absolute atomic E-state index is 12.2. The molecule has 2 aliphatic rings. The molecule has 98 valence electrons. The van der Waals surface area contributed by atoms with Crippen LogP contribution in [0, 0.1) is 5.92 Å². The maximum atomic E-state index is 12.2. The Labute approximate surface area is 105 Å². The van der Waals surface area contributed by atoms with Crippen molar-refractivity contribution in [1.82, 2.24) is 10.2 Å². The summed E-state index contributed by atoms with van der Waals surface area (Å²) in [5, 5.41) is 3.46. The highest BCUT2D eigenvalue weighted by molar-refractivity contribution is 5.76. The van der Waals surface area contributed by atoms with Gasteiger partial charge in [0, 0.05) is 25.0 Å². The van der Waals surface area contributed by atoms with Crippen molar-refractivity contribution in [2.45, 2.75) is 64.5 Å². The number of hydrogen-bond acceptors (Lipinski definition) is 2. The third-order valence-corrected chi connectivity index (χ3v) is 4.31. The van der Waals surface area contributed by atoms with E-state index < -0.39 is 0 Å². The molecule has 0 aromatic rings. The number of carbonyl (C=O) groups is 1. The summed E-state index contributed by atoms with van der Waals surface area (Å²) in [5.41, 5.74) is 0. The number of nitrogens with one attached hydrogen (secondary N) is 1. The van der Waals surface area contributed by atoms with Gasteiger partial charge in [-0.2, -0.15) is 0 Å². The SMILES string of the molecule is CC1CCC(C)N(C(=O)CCC2CCCN2)C1. The van der Waals surface area contributed by atoms with Crippen molar-refractivity contribution >= 4 is 5.91 Å². The summed E-state index contributed by atoms with van der Waals surface area (Å²) in [6, 6.07) is 1.05. The first kappa shape index (κ1) is 12.9. The van der Waals surface area contributed by atoms with Crippen molar-refractivity contribution in [2.24, 2.45) is 5.92 Å². The molecule has 0 bridgehead atoms. The fourth-order valence-electron chi connectivity index (χ4n) is 3.08. The van der Waals surface area contributed by atoms with E-state index in [1.807, 2.05) is 0 Å². The second-order valence-corrected chi connectivity index (χ2v) is 5.91. The third kappa shape index (κ3) is 3.44. The molecule has 0 aromatic heterocycles. The van der Waals surface area contributed by atoms with Crippen LogP contribution < -0.4 is 5.32 Å². The lowest BCUT2D eigenvalue weighted by molar-refractivity contribution is -0.135. The van der Waals surface area contributed by atoms with Gasteiger partial charge in [0.1, 0.15) is 0 Å². The Bertz CT molecular complexity index is 261. The van der Waals surface area contributed by atoms with Crippen molar-refractivity contribution in [3.63, 3.8) is 0 Å². The predicted molar refractivity (Wildman–Crippen MR) is 69.8 cm³/mol. The van der Waals surface area contributed by atoms with Gasteiger partial charge in [-0.05, 0) is 51.5 Å². The molecule has 3 atom stereocenters. The average molecular weight is 238 g/mol. The van der Waals surface area contributed by atoms with E-state index in [0.29, 0.717) is 23.9 Å². The fraction of sp³-hybridized carbons (Fsp3) is 0.929. The van der Waals surface area contributed by atoms with Crippen molar-refractivity contribution < 1.29 is 4.79 Å². The van der Waals surface area contributed by atoms with E-state index >= 15 is 0 Å². The Balaban J connectivity index is 1.77. The molecule has 1 N–H and O–H groups in total. The zero-order valence-corrected chi connectivity index (χ0v) is 11.2. The van der Waals surface area contributed by atoms with Gasteiger partial charge < -0.3 is 10.2 Å². The van der Waals surface area contributed by atoms with Crippen molar-refractivity contribution in [3.8, 4) is 0 Å². The van der Waals surface area contributed by atoms with Crippen LogP contribution >= 0.6 is 0 Å². The monoisotopic (exact) mass is 238 g/mol. The van der Waals surface area contributed by atoms with Gasteiger partial charge in [-0.15, -0.1) is 0 Å². The number of rotatable bonds is 3. The smallest absolute Gasteiger partial charge is 0.222 e. The molecule has 17 heavy (non-hydrogen) atoms. The normalized spacial score (nSPS) is 34.0. The Morgan fingerprint density at radius 1 is 1.29 bits per heavy atom. The van der Waals surface area contributed by atoms with Crippen LogP contribution in [-0.2, 0) is 4.79 Å². The molecular formula is C14H26N2O. The summed E-state index contributed by atoms with van der Waals surface area (Å²) in [5.74, 6) is 1.05. The van der Waals surface area contributed by atoms with Gasteiger partial charge in [-0.1, -0.05) is 6.92 Å². The van der Waals surface area contributed by atoms with E-state index in [1.165, 1.54) is 25.7 Å². The molecule has 0 saturated carbocycles. The summed E-state index contributed by atoms with van der Waals surface area (Å²) in [7, 11) is 0. The number of carbonyl (C=O) groups excluding carboxylic acids is 1. The van der Waals surface area contributed by atoms with E-state index in [-0.39, 0.29) is 0 Å². The molecule has 0 aromatic carbocycles. The summed E-state index contributed by atoms with van der Waals surface area (Å²) in [4.78, 5) is 14.3. The van der Waals surface area contributed by atoms with E-state index in [1.54, 1.807) is 0 Å². The van der Waals surface area contributed by atoms with Crippen molar-refractivity contribution in [1.29, 1.82) is 0 Å². The Morgan fingerprint density at radius 2 is 2.12 bits per heavy atom. The van der Waals surface area contributed by atoms with Gasteiger partial charge >= 0.3 is 0 Å². The van der Waals surface area contributed by atoms with Gasteiger partial charge in [0.05, 0.1) is 0 Å². The fourth-order valence-corrected chi connectivity index (χ4v) is 3.08. The molecule has 2 fully saturated rings. The predicted octanol–water partition coefficient (Wildman–Crippen LogP) is 2.17. The van der Waals surface area contributed by atoms with Crippen LogP contribution in [0.15, 0.2) is 0 Å². The minimum atomic E-state index is 0.373. The van der Waals surface area contributed by atoms with Gasteiger partial charge in [-0.25, -0.2) is 0 Å². The number of likely N-dealkylation sites (tertiary alicyclic amines) is 1. The third-order valence-electron chi connectivity index (χ3n) is 4.31. The average Bonchev–Trinajstić information content (AvgIpc) is 2.82. The van der Waals surface area contributed by atoms with Gasteiger partial charge in [0.15, 0.2) is 0 Å². The Morgan fingerprint density at radius 3 is 2.82 bits per heavy atom. The second-order valence-electron chi connectivity index (χ2n) is 5.91. The van der Waals surface area contributed by atoms with E-state index in [0.717, 1.165) is 25.9 Å². The van der Waals surface area contributed by atoms with E-state index in [9.17, 15) is 4.79 Å². The quantitative estimate of drug-likeness (QED) is 0.817. The number of amides is 1. The van der Waals surface area contributed by atoms with Crippen LogP contribution in [0.3, 0.4) is 0 Å². The largest absolute Gasteiger partial charge is 0.340 e. The summed E-state index contributed by atoms with van der Waals surface area (Å²) in [6.45, 7) is 6.55. The number of piperidine rings is 1. The first-order valence-corrected chi connectivity index (χ1v) is 7.19. The molecular weight excluding hydrogens is 212 g/mol. The molecule has 0 radical (unpaired) electrons. The van der Waals surface area contributed by atoms with Crippen LogP contribution in [0.2, 0.25) is 0 Å². The summed E-state index contributed by atoms with van der Waals surface area (Å²) < 4.78 is 0. The number of nitrogens with zero attached hydrogens (tertiary/aromatic N) is 1. The second kappa shape index (κ2) is 5.85. The minimum absolute atomic E-state index is 0.373. The van der Waals surface area contributed by atoms with Crippen LogP contribution in [0.4, 0.5) is 0 Å². The van der Waals surface area contributed by atoms with Gasteiger partial charge in [0.25, 0.3) is 0 Å². The molecule has 0 aliphatic carbocycles. The molecule has 2 saturated heterocycles. The zero-order chi connectivity index (χ0) is 12.3. The lowest BCUT2D eigenvalue weighted by Crippen LogP contribution is -2.45. The molecule has 1 amide bonds. The standard InChI is InChI=1S/C14H26N2O/c1-11-5-6-12(2)16(10-11)14(17)8-7-13-4-3-9-15-13/h11-13,15H,3-10H2,1-2H3. The Kier molecular flexibility index (Phi) is 4.43. The van der Waals surface area contributed by atoms with Gasteiger partial charge in [0.2, 0.25) is 5.91 Å². The van der Waals surface area contributed by atoms with Crippen LogP contribution in [0.1, 0.15) is 52.4 Å². The van der Waals surface area contributed by atoms with Crippen molar-refractivity contribution in [2.75, 3.05) is 13.1 Å². The maximum Gasteiger partial charge on any atom is 0.222 e. The topological polar surface area (TPSA) is 32.3 Å². The first-order valence-electron chi connectivity index (χ1n) is 7.19. The van der Waals surface area contributed by atoms with Crippen LogP contribution in [-0.4, -0.2) is 36.0 Å². The molecule has 2 rings (SSSR count). The van der Waals surface area contributed by atoms with Crippen LogP contribution in [0.5, 0.6) is 0 Å². The highest BCUT2D eigenvalue weighted by atomic mass is 16.2. The molecule has 3 heteroatoms. The molecule has 0 spiro atoms. The van der Waals surface area contributed by atoms with Crippen LogP contribution in [0.25, 0.3) is 0 Å². The molecule has 2 aliphatic heterocycles. The zero-order valence-electron chi connectivity index (χ0n) is 11.2. The lowest BCUT2D eigenvalue weighted by atomic mass is 9.94. The lowest BCUT2D eigenvalue weighted by Gasteiger charge is -2.37. The minimum Gasteiger partial charge on any atom is -0.340 e. The number of hydrogen-bond donors (Lipinski definition) is 1. The van der Waals surface area contributed by atoms with Gasteiger partial charge in [-0.3, -0.25) is 4.79 Å². The highest BCUT2D eigenvalue weighted by Crippen LogP contribution is 2.22. The molecule has 2 heterocycles.